The van der Waals surface area contributed by atoms with Gasteiger partial charge >= 0.3 is 0 Å². The molecule has 0 radical (unpaired) electrons. The highest BCUT2D eigenvalue weighted by Gasteiger charge is 2.10. The Labute approximate surface area is 111 Å². The van der Waals surface area contributed by atoms with Crippen LogP contribution in [0.1, 0.15) is 11.1 Å². The van der Waals surface area contributed by atoms with Gasteiger partial charge in [-0.25, -0.2) is 8.78 Å². The summed E-state index contributed by atoms with van der Waals surface area (Å²) in [4.78, 5) is 0. The van der Waals surface area contributed by atoms with Crippen molar-refractivity contribution in [3.8, 4) is 0 Å². The fourth-order valence-electron chi connectivity index (χ4n) is 2.15. The molecule has 0 aliphatic rings. The second kappa shape index (κ2) is 6.43. The molecular weight excluding hydrogens is 246 g/mol. The van der Waals surface area contributed by atoms with Crippen LogP contribution in [0.2, 0.25) is 0 Å². The molecule has 1 N–H and O–H groups in total. The van der Waals surface area contributed by atoms with Gasteiger partial charge in [-0.2, -0.15) is 0 Å². The average Bonchev–Trinajstić information content (AvgIpc) is 2.40. The van der Waals surface area contributed by atoms with Gasteiger partial charge in [-0.05, 0) is 54.2 Å². The molecule has 0 fully saturated rings. The van der Waals surface area contributed by atoms with Crippen LogP contribution < -0.4 is 0 Å². The molecular formula is C16H16F2O. The van der Waals surface area contributed by atoms with Crippen molar-refractivity contribution in [3.05, 3.63) is 71.3 Å². The van der Waals surface area contributed by atoms with Crippen LogP contribution in [0.5, 0.6) is 0 Å². The quantitative estimate of drug-likeness (QED) is 0.876. The minimum atomic E-state index is -0.269. The lowest BCUT2D eigenvalue weighted by atomic mass is 9.93. The average molecular weight is 262 g/mol. The van der Waals surface area contributed by atoms with E-state index in [1.807, 2.05) is 6.07 Å². The van der Waals surface area contributed by atoms with Crippen LogP contribution in [0.3, 0.4) is 0 Å². The molecule has 1 nitrogen and oxygen atoms in total. The van der Waals surface area contributed by atoms with Crippen LogP contribution in [0.4, 0.5) is 8.78 Å². The van der Waals surface area contributed by atoms with E-state index in [1.165, 1.54) is 24.3 Å². The van der Waals surface area contributed by atoms with E-state index in [1.54, 1.807) is 18.2 Å². The molecule has 1 atom stereocenters. The molecule has 0 aliphatic heterocycles. The molecule has 19 heavy (non-hydrogen) atoms. The van der Waals surface area contributed by atoms with Crippen molar-refractivity contribution in [2.24, 2.45) is 5.92 Å². The van der Waals surface area contributed by atoms with Gasteiger partial charge in [0.25, 0.3) is 0 Å². The summed E-state index contributed by atoms with van der Waals surface area (Å²) in [5.41, 5.74) is 1.83. The normalized spacial score (nSPS) is 12.4. The van der Waals surface area contributed by atoms with E-state index in [9.17, 15) is 13.9 Å². The number of hydrogen-bond acceptors (Lipinski definition) is 1. The maximum atomic E-state index is 13.1. The third-order valence-electron chi connectivity index (χ3n) is 3.11. The summed E-state index contributed by atoms with van der Waals surface area (Å²) >= 11 is 0. The monoisotopic (exact) mass is 262 g/mol. The van der Waals surface area contributed by atoms with Crippen molar-refractivity contribution >= 4 is 0 Å². The van der Waals surface area contributed by atoms with E-state index in [2.05, 4.69) is 0 Å². The fourth-order valence-corrected chi connectivity index (χ4v) is 2.15. The largest absolute Gasteiger partial charge is 0.396 e. The lowest BCUT2D eigenvalue weighted by Crippen LogP contribution is -2.13. The summed E-state index contributed by atoms with van der Waals surface area (Å²) < 4.78 is 25.9. The third-order valence-corrected chi connectivity index (χ3v) is 3.11. The first-order valence-electron chi connectivity index (χ1n) is 6.27. The highest BCUT2D eigenvalue weighted by atomic mass is 19.1. The van der Waals surface area contributed by atoms with E-state index in [0.29, 0.717) is 12.8 Å². The fraction of sp³-hybridized carbons (Fsp3) is 0.250. The summed E-state index contributed by atoms with van der Waals surface area (Å²) in [5.74, 6) is -0.530. The van der Waals surface area contributed by atoms with Gasteiger partial charge in [0.15, 0.2) is 0 Å². The molecule has 0 aromatic heterocycles. The van der Waals surface area contributed by atoms with Crippen molar-refractivity contribution < 1.29 is 13.9 Å². The number of aliphatic hydroxyl groups excluding tert-OH is 1. The summed E-state index contributed by atoms with van der Waals surface area (Å²) in [5, 5.41) is 9.40. The van der Waals surface area contributed by atoms with E-state index in [-0.39, 0.29) is 24.2 Å². The zero-order chi connectivity index (χ0) is 13.7. The van der Waals surface area contributed by atoms with Gasteiger partial charge in [-0.3, -0.25) is 0 Å². The Balaban J connectivity index is 2.02. The third kappa shape index (κ3) is 4.14. The molecule has 0 aliphatic carbocycles. The van der Waals surface area contributed by atoms with E-state index in [4.69, 9.17) is 0 Å². The van der Waals surface area contributed by atoms with Crippen molar-refractivity contribution in [3.63, 3.8) is 0 Å². The van der Waals surface area contributed by atoms with Gasteiger partial charge in [0.2, 0.25) is 0 Å². The maximum Gasteiger partial charge on any atom is 0.123 e. The molecule has 0 saturated carbocycles. The maximum absolute atomic E-state index is 13.1. The van der Waals surface area contributed by atoms with Crippen molar-refractivity contribution in [1.82, 2.24) is 0 Å². The van der Waals surface area contributed by atoms with E-state index >= 15 is 0 Å². The van der Waals surface area contributed by atoms with Crippen LogP contribution in [-0.4, -0.2) is 11.7 Å². The molecule has 0 saturated heterocycles. The predicted molar refractivity (Wildman–Crippen MR) is 70.8 cm³/mol. The predicted octanol–water partition coefficient (Wildman–Crippen LogP) is 3.36. The molecule has 1 unspecified atom stereocenters. The summed E-state index contributed by atoms with van der Waals surface area (Å²) in [6.45, 7) is 0.0217. The Morgan fingerprint density at radius 3 is 2.16 bits per heavy atom. The van der Waals surface area contributed by atoms with Gasteiger partial charge in [-0.15, -0.1) is 0 Å². The second-order valence-electron chi connectivity index (χ2n) is 4.71. The first-order valence-corrected chi connectivity index (χ1v) is 6.27. The lowest BCUT2D eigenvalue weighted by molar-refractivity contribution is 0.225. The zero-order valence-corrected chi connectivity index (χ0v) is 10.5. The molecule has 2 aromatic rings. The van der Waals surface area contributed by atoms with Crippen LogP contribution in [0, 0.1) is 17.6 Å². The van der Waals surface area contributed by atoms with Crippen molar-refractivity contribution in [1.29, 1.82) is 0 Å². The van der Waals surface area contributed by atoms with Gasteiger partial charge < -0.3 is 5.11 Å². The van der Waals surface area contributed by atoms with Gasteiger partial charge in [0.05, 0.1) is 0 Å². The van der Waals surface area contributed by atoms with E-state index < -0.39 is 0 Å². The number of aliphatic hydroxyl groups is 1. The highest BCUT2D eigenvalue weighted by Crippen LogP contribution is 2.15. The smallest absolute Gasteiger partial charge is 0.123 e. The molecule has 3 heteroatoms. The van der Waals surface area contributed by atoms with E-state index in [0.717, 1.165) is 11.1 Å². The summed E-state index contributed by atoms with van der Waals surface area (Å²) in [6, 6.07) is 12.6. The zero-order valence-electron chi connectivity index (χ0n) is 10.5. The molecule has 2 rings (SSSR count). The van der Waals surface area contributed by atoms with Gasteiger partial charge in [0.1, 0.15) is 11.6 Å². The standard InChI is InChI=1S/C16H16F2O/c17-15-6-4-12(5-7-15)8-14(11-19)9-13-2-1-3-16(18)10-13/h1-7,10,14,19H,8-9,11H2. The van der Waals surface area contributed by atoms with Crippen LogP contribution >= 0.6 is 0 Å². The Hall–Kier alpha value is -1.74. The van der Waals surface area contributed by atoms with Gasteiger partial charge in [-0.1, -0.05) is 24.3 Å². The topological polar surface area (TPSA) is 20.2 Å². The Bertz CT molecular complexity index is 523. The summed E-state index contributed by atoms with van der Waals surface area (Å²) in [6.07, 6.45) is 1.25. The Morgan fingerprint density at radius 1 is 0.842 bits per heavy atom. The van der Waals surface area contributed by atoms with Crippen LogP contribution in [0.15, 0.2) is 48.5 Å². The molecule has 2 aromatic carbocycles. The molecule has 0 heterocycles. The highest BCUT2D eigenvalue weighted by molar-refractivity contribution is 5.19. The lowest BCUT2D eigenvalue weighted by Gasteiger charge is -2.14. The van der Waals surface area contributed by atoms with Crippen molar-refractivity contribution in [2.75, 3.05) is 6.61 Å². The first-order chi connectivity index (χ1) is 9.17. The first kappa shape index (κ1) is 13.7. The molecule has 0 bridgehead atoms. The number of halogens is 2. The molecule has 0 amide bonds. The Morgan fingerprint density at radius 2 is 1.53 bits per heavy atom. The number of benzene rings is 2. The summed E-state index contributed by atoms with van der Waals surface area (Å²) in [7, 11) is 0. The minimum Gasteiger partial charge on any atom is -0.396 e. The van der Waals surface area contributed by atoms with Crippen molar-refractivity contribution in [2.45, 2.75) is 12.8 Å². The number of hydrogen-bond donors (Lipinski definition) is 1. The second-order valence-corrected chi connectivity index (χ2v) is 4.71. The van der Waals surface area contributed by atoms with Gasteiger partial charge in [0, 0.05) is 6.61 Å². The molecule has 0 spiro atoms. The minimum absolute atomic E-state index is 0.00672. The van der Waals surface area contributed by atoms with Crippen LogP contribution in [0.25, 0.3) is 0 Å². The SMILES string of the molecule is OCC(Cc1ccc(F)cc1)Cc1cccc(F)c1. The number of rotatable bonds is 5. The molecule has 100 valence electrons. The Kier molecular flexibility index (Phi) is 4.63. The van der Waals surface area contributed by atoms with Crippen LogP contribution in [-0.2, 0) is 12.8 Å².